The number of allylic oxidation sites excluding steroid dienone is 3. The first-order valence-electron chi connectivity index (χ1n) is 35.1. The standard InChI is InChI=1S/C71H137NO5/c1-3-5-7-9-11-13-15-17-19-20-34-37-41-45-49-53-57-61-65-71(76)77-66-62-58-54-50-46-42-38-35-32-30-28-26-24-22-21-23-25-27-29-31-33-36-40-44-48-52-56-60-64-70(75)72-68(67-73)69(74)63-59-55-51-47-43-39-18-16-14-12-10-8-6-4-2/h21-22,59,63,68-69,73-74H,3-20,23-58,60-62,64-67H2,1-2H3,(H,72,75)/b22-21-,63-59+. The molecule has 2 unspecified atom stereocenters. The lowest BCUT2D eigenvalue weighted by Gasteiger charge is -2.20. The van der Waals surface area contributed by atoms with Crippen molar-refractivity contribution in [3.63, 3.8) is 0 Å². The zero-order valence-electron chi connectivity index (χ0n) is 52.2. The van der Waals surface area contributed by atoms with Crippen molar-refractivity contribution in [1.29, 1.82) is 0 Å². The lowest BCUT2D eigenvalue weighted by Crippen LogP contribution is -2.45. The lowest BCUT2D eigenvalue weighted by molar-refractivity contribution is -0.143. The van der Waals surface area contributed by atoms with Gasteiger partial charge in [0.2, 0.25) is 5.91 Å². The van der Waals surface area contributed by atoms with Crippen LogP contribution in [0.15, 0.2) is 24.3 Å². The summed E-state index contributed by atoms with van der Waals surface area (Å²) in [7, 11) is 0. The number of hydrogen-bond acceptors (Lipinski definition) is 5. The summed E-state index contributed by atoms with van der Waals surface area (Å²) in [6.45, 7) is 4.94. The Morgan fingerprint density at radius 1 is 0.351 bits per heavy atom. The summed E-state index contributed by atoms with van der Waals surface area (Å²) in [6.07, 6.45) is 84.0. The molecule has 6 nitrogen and oxygen atoms in total. The van der Waals surface area contributed by atoms with Crippen LogP contribution in [-0.2, 0) is 14.3 Å². The smallest absolute Gasteiger partial charge is 0.305 e. The molecule has 0 fully saturated rings. The summed E-state index contributed by atoms with van der Waals surface area (Å²) >= 11 is 0. The number of rotatable bonds is 66. The summed E-state index contributed by atoms with van der Waals surface area (Å²) in [6, 6.07) is -0.627. The Bertz CT molecular complexity index is 1200. The number of esters is 1. The fourth-order valence-electron chi connectivity index (χ4n) is 11.1. The van der Waals surface area contributed by atoms with Gasteiger partial charge in [0.25, 0.3) is 0 Å². The molecule has 1 amide bonds. The van der Waals surface area contributed by atoms with Gasteiger partial charge in [-0.15, -0.1) is 0 Å². The molecule has 0 aromatic rings. The Balaban J connectivity index is 3.36. The molecule has 0 aliphatic carbocycles. The van der Waals surface area contributed by atoms with E-state index in [1.54, 1.807) is 6.08 Å². The van der Waals surface area contributed by atoms with Gasteiger partial charge in [-0.3, -0.25) is 9.59 Å². The van der Waals surface area contributed by atoms with Crippen LogP contribution in [0.1, 0.15) is 393 Å². The maximum atomic E-state index is 12.5. The summed E-state index contributed by atoms with van der Waals surface area (Å²) < 4.78 is 5.51. The molecule has 0 radical (unpaired) electrons. The summed E-state index contributed by atoms with van der Waals surface area (Å²) in [5.41, 5.74) is 0. The average molecular weight is 1080 g/mol. The van der Waals surface area contributed by atoms with Gasteiger partial charge >= 0.3 is 5.97 Å². The molecule has 456 valence electrons. The second kappa shape index (κ2) is 66.8. The Labute approximate surface area is 481 Å². The van der Waals surface area contributed by atoms with Crippen molar-refractivity contribution in [1.82, 2.24) is 5.32 Å². The number of carbonyl (C=O) groups excluding carboxylic acids is 2. The van der Waals surface area contributed by atoms with E-state index in [1.165, 1.54) is 327 Å². The van der Waals surface area contributed by atoms with E-state index < -0.39 is 12.1 Å². The number of ether oxygens (including phenoxy) is 1. The van der Waals surface area contributed by atoms with Crippen molar-refractivity contribution in [2.45, 2.75) is 405 Å². The van der Waals surface area contributed by atoms with Crippen molar-refractivity contribution < 1.29 is 24.5 Å². The monoisotopic (exact) mass is 1080 g/mol. The topological polar surface area (TPSA) is 95.9 Å². The predicted molar refractivity (Wildman–Crippen MR) is 338 cm³/mol. The average Bonchev–Trinajstić information content (AvgIpc) is 3.43. The fourth-order valence-corrected chi connectivity index (χ4v) is 11.1. The molecule has 6 heteroatoms. The Morgan fingerprint density at radius 2 is 0.610 bits per heavy atom. The molecule has 0 rings (SSSR count). The molecule has 0 aliphatic heterocycles. The molecule has 0 aliphatic rings. The number of unbranched alkanes of at least 4 members (excludes halogenated alkanes) is 53. The van der Waals surface area contributed by atoms with Crippen LogP contribution in [0, 0.1) is 0 Å². The van der Waals surface area contributed by atoms with Gasteiger partial charge in [-0.05, 0) is 57.8 Å². The highest BCUT2D eigenvalue weighted by Crippen LogP contribution is 2.19. The van der Waals surface area contributed by atoms with Crippen LogP contribution in [0.2, 0.25) is 0 Å². The first-order valence-corrected chi connectivity index (χ1v) is 35.1. The molecule has 0 spiro atoms. The van der Waals surface area contributed by atoms with Gasteiger partial charge in [-0.2, -0.15) is 0 Å². The normalized spacial score (nSPS) is 12.6. The predicted octanol–water partition coefficient (Wildman–Crippen LogP) is 22.5. The van der Waals surface area contributed by atoms with Gasteiger partial charge < -0.3 is 20.3 Å². The molecule has 0 heterocycles. The largest absolute Gasteiger partial charge is 0.466 e. The Kier molecular flexibility index (Phi) is 65.4. The molecule has 0 saturated heterocycles. The molecule has 0 aromatic carbocycles. The van der Waals surface area contributed by atoms with E-state index in [0.717, 1.165) is 38.5 Å². The molecule has 0 aromatic heterocycles. The van der Waals surface area contributed by atoms with Gasteiger partial charge in [0.1, 0.15) is 0 Å². The third-order valence-electron chi connectivity index (χ3n) is 16.5. The number of aliphatic hydroxyl groups excluding tert-OH is 2. The Hall–Kier alpha value is -1.66. The highest BCUT2D eigenvalue weighted by molar-refractivity contribution is 5.76. The first kappa shape index (κ1) is 75.3. The van der Waals surface area contributed by atoms with E-state index >= 15 is 0 Å². The fraction of sp³-hybridized carbons (Fsp3) is 0.915. The van der Waals surface area contributed by atoms with Gasteiger partial charge in [0.05, 0.1) is 25.4 Å². The minimum atomic E-state index is -0.844. The Morgan fingerprint density at radius 3 is 0.922 bits per heavy atom. The second-order valence-electron chi connectivity index (χ2n) is 24.2. The summed E-state index contributed by atoms with van der Waals surface area (Å²) in [5.74, 6) is -0.0455. The van der Waals surface area contributed by atoms with Crippen LogP contribution >= 0.6 is 0 Å². The van der Waals surface area contributed by atoms with Crippen molar-refractivity contribution in [3.05, 3.63) is 24.3 Å². The van der Waals surface area contributed by atoms with Crippen molar-refractivity contribution in [2.75, 3.05) is 13.2 Å². The van der Waals surface area contributed by atoms with Crippen molar-refractivity contribution in [3.8, 4) is 0 Å². The van der Waals surface area contributed by atoms with E-state index in [-0.39, 0.29) is 18.5 Å². The van der Waals surface area contributed by atoms with Crippen LogP contribution in [0.3, 0.4) is 0 Å². The number of aliphatic hydroxyl groups is 2. The first-order chi connectivity index (χ1) is 38.0. The molecular formula is C71H137NO5. The molecule has 2 atom stereocenters. The van der Waals surface area contributed by atoms with E-state index in [1.807, 2.05) is 6.08 Å². The van der Waals surface area contributed by atoms with Crippen molar-refractivity contribution >= 4 is 11.9 Å². The number of nitrogens with one attached hydrogen (secondary N) is 1. The van der Waals surface area contributed by atoms with E-state index in [9.17, 15) is 19.8 Å². The highest BCUT2D eigenvalue weighted by atomic mass is 16.5. The maximum absolute atomic E-state index is 12.5. The highest BCUT2D eigenvalue weighted by Gasteiger charge is 2.18. The molecule has 0 bridgehead atoms. The molecular weight excluding hydrogens is 947 g/mol. The third-order valence-corrected chi connectivity index (χ3v) is 16.5. The van der Waals surface area contributed by atoms with Crippen LogP contribution in [0.5, 0.6) is 0 Å². The van der Waals surface area contributed by atoms with Crippen LogP contribution in [0.4, 0.5) is 0 Å². The quantitative estimate of drug-likeness (QED) is 0.0320. The van der Waals surface area contributed by atoms with Crippen LogP contribution in [-0.4, -0.2) is 47.4 Å². The minimum Gasteiger partial charge on any atom is -0.466 e. The SMILES string of the molecule is CCCCCCCCCCCCCC/C=C/C(O)C(CO)NC(=O)CCCCCCCCCCCCCC/C=C\CCCCCCCCCCCCCCOC(=O)CCCCCCCCCCCCCCCCCCCC. The van der Waals surface area contributed by atoms with E-state index in [0.29, 0.717) is 19.4 Å². The maximum Gasteiger partial charge on any atom is 0.305 e. The second-order valence-corrected chi connectivity index (χ2v) is 24.2. The molecule has 0 saturated carbocycles. The van der Waals surface area contributed by atoms with Gasteiger partial charge in [0, 0.05) is 12.8 Å². The minimum absolute atomic E-state index is 0.0205. The van der Waals surface area contributed by atoms with Crippen LogP contribution < -0.4 is 5.32 Å². The zero-order valence-corrected chi connectivity index (χ0v) is 52.2. The zero-order chi connectivity index (χ0) is 55.7. The number of amides is 1. The van der Waals surface area contributed by atoms with Gasteiger partial charge in [0.15, 0.2) is 0 Å². The number of carbonyl (C=O) groups is 2. The molecule has 3 N–H and O–H groups in total. The van der Waals surface area contributed by atoms with Gasteiger partial charge in [-0.25, -0.2) is 0 Å². The number of hydrogen-bond donors (Lipinski definition) is 3. The lowest BCUT2D eigenvalue weighted by atomic mass is 10.0. The summed E-state index contributed by atoms with van der Waals surface area (Å²) in [4.78, 5) is 24.6. The van der Waals surface area contributed by atoms with Crippen molar-refractivity contribution in [2.24, 2.45) is 0 Å². The van der Waals surface area contributed by atoms with E-state index in [4.69, 9.17) is 4.74 Å². The van der Waals surface area contributed by atoms with Gasteiger partial charge in [-0.1, -0.05) is 346 Å². The molecule has 77 heavy (non-hydrogen) atoms. The third kappa shape index (κ3) is 63.4. The van der Waals surface area contributed by atoms with Crippen LogP contribution in [0.25, 0.3) is 0 Å². The summed E-state index contributed by atoms with van der Waals surface area (Å²) in [5, 5.41) is 23.1. The van der Waals surface area contributed by atoms with E-state index in [2.05, 4.69) is 31.3 Å².